The Labute approximate surface area is 210 Å². The number of amides is 4. The second-order valence-corrected chi connectivity index (χ2v) is 10.9. The number of anilines is 1. The highest BCUT2D eigenvalue weighted by Crippen LogP contribution is 2.36. The van der Waals surface area contributed by atoms with Crippen LogP contribution in [-0.4, -0.2) is 78.4 Å². The van der Waals surface area contributed by atoms with Crippen molar-refractivity contribution in [3.05, 3.63) is 53.9 Å². The molecule has 2 fully saturated rings. The first-order valence-corrected chi connectivity index (χ1v) is 12.6. The summed E-state index contributed by atoms with van der Waals surface area (Å²) >= 11 is 0. The van der Waals surface area contributed by atoms with Gasteiger partial charge in [-0.25, -0.2) is 18.1 Å². The molecule has 0 spiro atoms. The summed E-state index contributed by atoms with van der Waals surface area (Å²) in [6.07, 6.45) is 2.85. The van der Waals surface area contributed by atoms with E-state index in [1.807, 2.05) is 0 Å². The van der Waals surface area contributed by atoms with Crippen LogP contribution in [0.25, 0.3) is 0 Å². The molecule has 0 unspecified atom stereocenters. The monoisotopic (exact) mass is 540 g/mol. The van der Waals surface area contributed by atoms with E-state index in [0.717, 1.165) is 17.0 Å². The van der Waals surface area contributed by atoms with E-state index < -0.39 is 37.7 Å². The van der Waals surface area contributed by atoms with E-state index in [0.29, 0.717) is 44.0 Å². The topological polar surface area (TPSA) is 117 Å². The van der Waals surface area contributed by atoms with E-state index in [-0.39, 0.29) is 23.7 Å². The highest BCUT2D eigenvalue weighted by molar-refractivity contribution is 7.92. The third kappa shape index (κ3) is 4.66. The number of hydrogen-bond acceptors (Lipinski definition) is 7. The van der Waals surface area contributed by atoms with Gasteiger partial charge in [-0.2, -0.15) is 13.2 Å². The fraction of sp³-hybridized carbons (Fsp3) is 0.391. The van der Waals surface area contributed by atoms with E-state index in [9.17, 15) is 36.0 Å². The number of carbonyl (C=O) groups is 3. The summed E-state index contributed by atoms with van der Waals surface area (Å²) in [4.78, 5) is 46.3. The molecule has 14 heteroatoms. The number of sulfone groups is 1. The van der Waals surface area contributed by atoms with Crippen LogP contribution < -0.4 is 4.90 Å². The summed E-state index contributed by atoms with van der Waals surface area (Å²) in [7, 11) is -5.59. The molecule has 2 aromatic rings. The number of urea groups is 1. The Kier molecular flexibility index (Phi) is 6.75. The Morgan fingerprint density at radius 2 is 1.70 bits per heavy atom. The van der Waals surface area contributed by atoms with Crippen LogP contribution in [0.3, 0.4) is 0 Å². The molecule has 10 nitrogen and oxygen atoms in total. The predicted molar refractivity (Wildman–Crippen MR) is 123 cm³/mol. The van der Waals surface area contributed by atoms with Crippen molar-refractivity contribution in [1.29, 1.82) is 0 Å². The molecule has 4 amide bonds. The maximum atomic E-state index is 13.4. The van der Waals surface area contributed by atoms with Crippen molar-refractivity contribution in [2.24, 2.45) is 0 Å². The number of aromatic nitrogens is 1. The zero-order valence-electron chi connectivity index (χ0n) is 19.9. The van der Waals surface area contributed by atoms with E-state index in [2.05, 4.69) is 4.98 Å². The highest BCUT2D eigenvalue weighted by atomic mass is 32.2. The van der Waals surface area contributed by atoms with Crippen molar-refractivity contribution >= 4 is 33.4 Å². The van der Waals surface area contributed by atoms with Gasteiger partial charge in [-0.1, -0.05) is 0 Å². The third-order valence-corrected chi connectivity index (χ3v) is 7.80. The van der Waals surface area contributed by atoms with Crippen molar-refractivity contribution in [3.63, 3.8) is 0 Å². The zero-order chi connectivity index (χ0) is 27.2. The van der Waals surface area contributed by atoms with Crippen molar-refractivity contribution in [2.75, 3.05) is 31.2 Å². The number of morpholine rings is 1. The Morgan fingerprint density at radius 1 is 1.08 bits per heavy atom. The highest BCUT2D eigenvalue weighted by Gasteiger charge is 2.52. The third-order valence-electron chi connectivity index (χ3n) is 6.30. The van der Waals surface area contributed by atoms with Gasteiger partial charge in [0.25, 0.3) is 21.7 Å². The fourth-order valence-electron chi connectivity index (χ4n) is 4.10. The van der Waals surface area contributed by atoms with Crippen molar-refractivity contribution in [1.82, 2.24) is 14.8 Å². The number of carbonyl (C=O) groups excluding carboxylic acids is 3. The van der Waals surface area contributed by atoms with Gasteiger partial charge in [0, 0.05) is 32.0 Å². The number of halogens is 3. The summed E-state index contributed by atoms with van der Waals surface area (Å²) in [5, 5.41) is 0. The number of benzene rings is 1. The second-order valence-electron chi connectivity index (χ2n) is 8.95. The lowest BCUT2D eigenvalue weighted by molar-refractivity contribution is -0.123. The Balaban J connectivity index is 1.62. The standard InChI is InChI=1S/C23H23F3N4O6S/c1-22(2)20(32)30(16-3-5-17(6-4-16)37(34,35)23(24,25)26)21(33)29(22)14-15-7-8-27-13-18(15)19(31)28-9-11-36-12-10-28/h3-8,13H,9-12,14H2,1-2H3. The second kappa shape index (κ2) is 9.41. The molecule has 1 aromatic carbocycles. The minimum atomic E-state index is -5.59. The summed E-state index contributed by atoms with van der Waals surface area (Å²) in [5.41, 5.74) is -6.25. The predicted octanol–water partition coefficient (Wildman–Crippen LogP) is 2.59. The molecule has 2 aliphatic heterocycles. The van der Waals surface area contributed by atoms with Gasteiger partial charge in [0.2, 0.25) is 0 Å². The van der Waals surface area contributed by atoms with Crippen LogP contribution in [0.4, 0.5) is 23.7 Å². The number of imide groups is 1. The summed E-state index contributed by atoms with van der Waals surface area (Å²) in [6, 6.07) is 4.11. The van der Waals surface area contributed by atoms with Crippen molar-refractivity contribution in [2.45, 2.75) is 36.3 Å². The molecule has 2 saturated heterocycles. The van der Waals surface area contributed by atoms with Gasteiger partial charge < -0.3 is 14.5 Å². The average molecular weight is 541 g/mol. The largest absolute Gasteiger partial charge is 0.501 e. The first-order valence-electron chi connectivity index (χ1n) is 11.1. The minimum absolute atomic E-state index is 0.0916. The number of ether oxygens (including phenoxy) is 1. The average Bonchev–Trinajstić information content (AvgIpc) is 3.03. The van der Waals surface area contributed by atoms with Gasteiger partial charge in [0.15, 0.2) is 0 Å². The summed E-state index contributed by atoms with van der Waals surface area (Å²) < 4.78 is 67.2. The number of alkyl halides is 3. The minimum Gasteiger partial charge on any atom is -0.378 e. The van der Waals surface area contributed by atoms with Crippen LogP contribution in [0, 0.1) is 0 Å². The fourth-order valence-corrected chi connectivity index (χ4v) is 4.86. The number of pyridine rings is 1. The Morgan fingerprint density at radius 3 is 2.30 bits per heavy atom. The van der Waals surface area contributed by atoms with Crippen LogP contribution in [-0.2, 0) is 25.9 Å². The summed E-state index contributed by atoms with van der Waals surface area (Å²) in [5.74, 6) is -0.959. The molecule has 0 aliphatic carbocycles. The van der Waals surface area contributed by atoms with Crippen molar-refractivity contribution in [3.8, 4) is 0 Å². The van der Waals surface area contributed by atoms with E-state index in [1.165, 1.54) is 31.1 Å². The Bertz CT molecular complexity index is 1340. The van der Waals surface area contributed by atoms with Gasteiger partial charge in [0.05, 0.1) is 29.4 Å². The SMILES string of the molecule is CC1(C)C(=O)N(c2ccc(S(=O)(=O)C(F)(F)F)cc2)C(=O)N1Cc1ccncc1C(=O)N1CCOCC1. The molecule has 1 aromatic heterocycles. The van der Waals surface area contributed by atoms with Crippen LogP contribution in [0.2, 0.25) is 0 Å². The molecule has 0 atom stereocenters. The normalized spacial score (nSPS) is 18.5. The molecular formula is C23H23F3N4O6S. The van der Waals surface area contributed by atoms with Crippen LogP contribution in [0.5, 0.6) is 0 Å². The lowest BCUT2D eigenvalue weighted by Crippen LogP contribution is -2.44. The molecule has 4 rings (SSSR count). The van der Waals surface area contributed by atoms with Crippen molar-refractivity contribution < 1.29 is 40.7 Å². The zero-order valence-corrected chi connectivity index (χ0v) is 20.7. The van der Waals surface area contributed by atoms with Gasteiger partial charge in [0.1, 0.15) is 5.54 Å². The molecular weight excluding hydrogens is 517 g/mol. The molecule has 0 saturated carbocycles. The molecule has 0 N–H and O–H groups in total. The number of nitrogens with zero attached hydrogens (tertiary/aromatic N) is 4. The molecule has 3 heterocycles. The van der Waals surface area contributed by atoms with Crippen LogP contribution in [0.1, 0.15) is 29.8 Å². The molecule has 0 bridgehead atoms. The van der Waals surface area contributed by atoms with E-state index >= 15 is 0 Å². The van der Waals surface area contributed by atoms with E-state index in [4.69, 9.17) is 4.74 Å². The molecule has 2 aliphatic rings. The molecule has 0 radical (unpaired) electrons. The number of rotatable bonds is 5. The maximum absolute atomic E-state index is 13.4. The van der Waals surface area contributed by atoms with Crippen LogP contribution >= 0.6 is 0 Å². The first kappa shape index (κ1) is 26.5. The smallest absolute Gasteiger partial charge is 0.378 e. The lowest BCUT2D eigenvalue weighted by atomic mass is 10.0. The van der Waals surface area contributed by atoms with Gasteiger partial charge in [-0.05, 0) is 49.7 Å². The van der Waals surface area contributed by atoms with Crippen LogP contribution in [0.15, 0.2) is 47.6 Å². The molecule has 37 heavy (non-hydrogen) atoms. The Hall–Kier alpha value is -3.52. The van der Waals surface area contributed by atoms with Gasteiger partial charge in [-0.3, -0.25) is 14.6 Å². The maximum Gasteiger partial charge on any atom is 0.501 e. The lowest BCUT2D eigenvalue weighted by Gasteiger charge is -2.30. The number of hydrogen-bond donors (Lipinski definition) is 0. The molecule has 198 valence electrons. The van der Waals surface area contributed by atoms with Gasteiger partial charge in [-0.15, -0.1) is 0 Å². The first-order chi connectivity index (χ1) is 17.3. The van der Waals surface area contributed by atoms with E-state index in [1.54, 1.807) is 11.0 Å². The summed E-state index contributed by atoms with van der Waals surface area (Å²) in [6.45, 7) is 4.46. The van der Waals surface area contributed by atoms with Gasteiger partial charge >= 0.3 is 11.5 Å². The quantitative estimate of drug-likeness (QED) is 0.535.